The van der Waals surface area contributed by atoms with E-state index >= 15 is 0 Å². The van der Waals surface area contributed by atoms with Gasteiger partial charge in [-0.25, -0.2) is 4.79 Å². The smallest absolute Gasteiger partial charge is 0.312 e. The first-order valence-electron chi connectivity index (χ1n) is 9.28. The quantitative estimate of drug-likeness (QED) is 0.862. The number of hydrogen-bond acceptors (Lipinski definition) is 2. The molecule has 0 saturated heterocycles. The fraction of sp³-hybridized carbons (Fsp3) is 0.333. The minimum Gasteiger partial charge on any atom is -0.312 e. The minimum absolute atomic E-state index is 0.166. The van der Waals surface area contributed by atoms with Crippen LogP contribution in [-0.4, -0.2) is 18.5 Å². The van der Waals surface area contributed by atoms with Crippen LogP contribution < -0.4 is 15.5 Å². The molecule has 2 aromatic rings. The van der Waals surface area contributed by atoms with Crippen molar-refractivity contribution in [3.63, 3.8) is 0 Å². The summed E-state index contributed by atoms with van der Waals surface area (Å²) in [6, 6.07) is 14.9. The Labute approximate surface area is 153 Å². The lowest BCUT2D eigenvalue weighted by Gasteiger charge is -2.21. The van der Waals surface area contributed by atoms with E-state index < -0.39 is 0 Å². The Balaban J connectivity index is 1.47. The summed E-state index contributed by atoms with van der Waals surface area (Å²) in [6.07, 6.45) is 5.19. The van der Waals surface area contributed by atoms with Gasteiger partial charge in [-0.05, 0) is 49.1 Å². The van der Waals surface area contributed by atoms with Gasteiger partial charge < -0.3 is 15.5 Å². The first-order chi connectivity index (χ1) is 12.7. The average molecular weight is 349 g/mol. The molecule has 0 bridgehead atoms. The van der Waals surface area contributed by atoms with Gasteiger partial charge in [-0.3, -0.25) is 4.79 Å². The SMILES string of the molecule is O=C(Nc1ccccc1)Nc1ccc2c(c1)N(C(=O)C1CCCC1)CC2. The summed E-state index contributed by atoms with van der Waals surface area (Å²) in [7, 11) is 0. The second kappa shape index (κ2) is 7.20. The van der Waals surface area contributed by atoms with Crippen LogP contribution in [0, 0.1) is 5.92 Å². The van der Waals surface area contributed by atoms with Gasteiger partial charge in [0.2, 0.25) is 5.91 Å². The number of urea groups is 1. The number of rotatable bonds is 3. The molecule has 26 heavy (non-hydrogen) atoms. The Morgan fingerprint density at radius 3 is 2.42 bits per heavy atom. The van der Waals surface area contributed by atoms with Gasteiger partial charge in [-0.2, -0.15) is 0 Å². The van der Waals surface area contributed by atoms with Crippen LogP contribution in [0.2, 0.25) is 0 Å². The summed E-state index contributed by atoms with van der Waals surface area (Å²) in [5, 5.41) is 5.67. The van der Waals surface area contributed by atoms with Crippen molar-refractivity contribution in [1.29, 1.82) is 0 Å². The molecule has 0 spiro atoms. The Hall–Kier alpha value is -2.82. The topological polar surface area (TPSA) is 61.4 Å². The fourth-order valence-electron chi connectivity index (χ4n) is 3.89. The molecule has 3 amide bonds. The Morgan fingerprint density at radius 2 is 1.65 bits per heavy atom. The molecule has 5 heteroatoms. The molecule has 0 unspecified atom stereocenters. The maximum atomic E-state index is 12.8. The first-order valence-corrected chi connectivity index (χ1v) is 9.28. The second-order valence-corrected chi connectivity index (χ2v) is 7.01. The van der Waals surface area contributed by atoms with Crippen molar-refractivity contribution in [3.05, 3.63) is 54.1 Å². The molecule has 1 aliphatic heterocycles. The van der Waals surface area contributed by atoms with Crippen molar-refractivity contribution in [2.75, 3.05) is 22.1 Å². The highest BCUT2D eigenvalue weighted by Gasteiger charge is 2.31. The number of anilines is 3. The average Bonchev–Trinajstić information content (AvgIpc) is 3.32. The number of carbonyl (C=O) groups excluding carboxylic acids is 2. The number of benzene rings is 2. The Kier molecular flexibility index (Phi) is 4.61. The molecule has 0 aromatic heterocycles. The molecule has 4 rings (SSSR count). The molecule has 0 radical (unpaired) electrons. The van der Waals surface area contributed by atoms with E-state index in [2.05, 4.69) is 10.6 Å². The predicted octanol–water partition coefficient (Wildman–Crippen LogP) is 4.41. The number of nitrogens with zero attached hydrogens (tertiary/aromatic N) is 1. The predicted molar refractivity (Wildman–Crippen MR) is 104 cm³/mol. The van der Waals surface area contributed by atoms with Crippen molar-refractivity contribution >= 4 is 29.0 Å². The molecule has 2 N–H and O–H groups in total. The maximum Gasteiger partial charge on any atom is 0.323 e. The van der Waals surface area contributed by atoms with Crippen LogP contribution in [0.5, 0.6) is 0 Å². The molecule has 0 atom stereocenters. The molecular formula is C21H23N3O2. The molecule has 1 heterocycles. The monoisotopic (exact) mass is 349 g/mol. The highest BCUT2D eigenvalue weighted by Crippen LogP contribution is 2.35. The standard InChI is InChI=1S/C21H23N3O2/c25-20(16-6-4-5-7-16)24-13-12-15-10-11-18(14-19(15)24)23-21(26)22-17-8-2-1-3-9-17/h1-3,8-11,14,16H,4-7,12-13H2,(H2,22,23,26). The molecule has 2 aromatic carbocycles. The van der Waals surface area contributed by atoms with Crippen LogP contribution in [0.1, 0.15) is 31.2 Å². The van der Waals surface area contributed by atoms with E-state index in [4.69, 9.17) is 0 Å². The third-order valence-electron chi connectivity index (χ3n) is 5.24. The minimum atomic E-state index is -0.289. The van der Waals surface area contributed by atoms with E-state index in [1.807, 2.05) is 53.4 Å². The van der Waals surface area contributed by atoms with E-state index in [0.29, 0.717) is 5.69 Å². The van der Waals surface area contributed by atoms with E-state index in [0.717, 1.165) is 50.0 Å². The number of hydrogen-bond donors (Lipinski definition) is 2. The summed E-state index contributed by atoms with van der Waals surface area (Å²) in [5.74, 6) is 0.408. The van der Waals surface area contributed by atoms with Crippen LogP contribution in [0.4, 0.5) is 21.9 Å². The second-order valence-electron chi connectivity index (χ2n) is 7.01. The molecular weight excluding hydrogens is 326 g/mol. The Morgan fingerprint density at radius 1 is 0.923 bits per heavy atom. The van der Waals surface area contributed by atoms with Crippen LogP contribution >= 0.6 is 0 Å². The number of fused-ring (bicyclic) bond motifs is 1. The summed E-state index contributed by atoms with van der Waals surface area (Å²) >= 11 is 0. The number of carbonyl (C=O) groups is 2. The van der Waals surface area contributed by atoms with Gasteiger partial charge in [0.05, 0.1) is 0 Å². The normalized spacial score (nSPS) is 16.4. The van der Waals surface area contributed by atoms with Gasteiger partial charge in [0.1, 0.15) is 0 Å². The molecule has 5 nitrogen and oxygen atoms in total. The molecule has 1 fully saturated rings. The van der Waals surface area contributed by atoms with Gasteiger partial charge in [0.25, 0.3) is 0 Å². The van der Waals surface area contributed by atoms with Crippen molar-refractivity contribution in [2.24, 2.45) is 5.92 Å². The zero-order valence-electron chi connectivity index (χ0n) is 14.7. The fourth-order valence-corrected chi connectivity index (χ4v) is 3.89. The van der Waals surface area contributed by atoms with Gasteiger partial charge in [0.15, 0.2) is 0 Å². The maximum absolute atomic E-state index is 12.8. The third-order valence-corrected chi connectivity index (χ3v) is 5.24. The highest BCUT2D eigenvalue weighted by atomic mass is 16.2. The van der Waals surface area contributed by atoms with Crippen LogP contribution in [0.25, 0.3) is 0 Å². The lowest BCUT2D eigenvalue weighted by atomic mass is 10.1. The summed E-state index contributed by atoms with van der Waals surface area (Å²) in [6.45, 7) is 0.740. The lowest BCUT2D eigenvalue weighted by Crippen LogP contribution is -2.33. The van der Waals surface area contributed by atoms with E-state index in [9.17, 15) is 9.59 Å². The number of amides is 3. The summed E-state index contributed by atoms with van der Waals surface area (Å²) in [5.41, 5.74) is 3.55. The summed E-state index contributed by atoms with van der Waals surface area (Å²) in [4.78, 5) is 26.9. The zero-order valence-corrected chi connectivity index (χ0v) is 14.7. The number of para-hydroxylation sites is 1. The number of nitrogens with one attached hydrogen (secondary N) is 2. The zero-order chi connectivity index (χ0) is 17.9. The van der Waals surface area contributed by atoms with Crippen molar-refractivity contribution in [3.8, 4) is 0 Å². The van der Waals surface area contributed by atoms with Gasteiger partial charge >= 0.3 is 6.03 Å². The van der Waals surface area contributed by atoms with E-state index in [-0.39, 0.29) is 17.9 Å². The molecule has 2 aliphatic rings. The van der Waals surface area contributed by atoms with Crippen LogP contribution in [0.15, 0.2) is 48.5 Å². The van der Waals surface area contributed by atoms with Gasteiger partial charge in [0, 0.05) is 29.5 Å². The van der Waals surface area contributed by atoms with Crippen molar-refractivity contribution in [1.82, 2.24) is 0 Å². The van der Waals surface area contributed by atoms with Crippen molar-refractivity contribution < 1.29 is 9.59 Å². The largest absolute Gasteiger partial charge is 0.323 e. The van der Waals surface area contributed by atoms with Crippen LogP contribution in [0.3, 0.4) is 0 Å². The summed E-state index contributed by atoms with van der Waals surface area (Å²) < 4.78 is 0. The van der Waals surface area contributed by atoms with E-state index in [1.54, 1.807) is 0 Å². The first kappa shape index (κ1) is 16.6. The van der Waals surface area contributed by atoms with Crippen LogP contribution in [-0.2, 0) is 11.2 Å². The lowest BCUT2D eigenvalue weighted by molar-refractivity contribution is -0.122. The third kappa shape index (κ3) is 3.43. The molecule has 134 valence electrons. The molecule has 1 aliphatic carbocycles. The highest BCUT2D eigenvalue weighted by molar-refractivity contribution is 6.01. The van der Waals surface area contributed by atoms with E-state index in [1.165, 1.54) is 5.56 Å². The van der Waals surface area contributed by atoms with Gasteiger partial charge in [-0.1, -0.05) is 37.1 Å². The van der Waals surface area contributed by atoms with Gasteiger partial charge in [-0.15, -0.1) is 0 Å². The van der Waals surface area contributed by atoms with Crippen molar-refractivity contribution in [2.45, 2.75) is 32.1 Å². The Bertz CT molecular complexity index is 813. The molecule has 1 saturated carbocycles.